The van der Waals surface area contributed by atoms with E-state index in [1.165, 1.54) is 6.20 Å². The molecule has 0 spiro atoms. The summed E-state index contributed by atoms with van der Waals surface area (Å²) in [5, 5.41) is 3.79. The first-order valence-electron chi connectivity index (χ1n) is 5.57. The highest BCUT2D eigenvalue weighted by Gasteiger charge is 2.15. The van der Waals surface area contributed by atoms with Gasteiger partial charge in [-0.05, 0) is 19.9 Å². The summed E-state index contributed by atoms with van der Waals surface area (Å²) in [5.74, 6) is 0.449. The Morgan fingerprint density at radius 1 is 1.32 bits per heavy atom. The third-order valence-corrected chi connectivity index (χ3v) is 3.32. The van der Waals surface area contributed by atoms with Crippen LogP contribution in [0.25, 0.3) is 10.9 Å². The van der Waals surface area contributed by atoms with Crippen molar-refractivity contribution in [2.45, 2.75) is 25.0 Å². The number of anilines is 1. The van der Waals surface area contributed by atoms with Gasteiger partial charge in [-0.2, -0.15) is 0 Å². The number of fused-ring (bicyclic) bond motifs is 1. The van der Waals surface area contributed by atoms with Crippen LogP contribution in [0.1, 0.15) is 13.8 Å². The number of rotatable bonds is 3. The molecule has 1 N–H and O–H groups in total. The molecular formula is C11H13ClN4O2S. The van der Waals surface area contributed by atoms with Crippen LogP contribution in [0.4, 0.5) is 5.82 Å². The molecule has 0 aliphatic heterocycles. The zero-order valence-corrected chi connectivity index (χ0v) is 12.2. The number of hydrogen-bond donors (Lipinski definition) is 1. The standard InChI is InChI=1S/C11H13ClN4O2S/c1-6(2)14-10-9-7(4-8(12)15-10)5-13-11(16-9)19(3,17)18/h4-6H,1-3H3,(H,14,15). The predicted octanol–water partition coefficient (Wildman–Crippen LogP) is 1.90. The lowest BCUT2D eigenvalue weighted by atomic mass is 10.3. The van der Waals surface area contributed by atoms with Crippen LogP contribution in [0.2, 0.25) is 5.15 Å². The van der Waals surface area contributed by atoms with Gasteiger partial charge in [0.1, 0.15) is 10.7 Å². The van der Waals surface area contributed by atoms with E-state index in [9.17, 15) is 8.42 Å². The number of pyridine rings is 1. The van der Waals surface area contributed by atoms with Crippen molar-refractivity contribution in [3.63, 3.8) is 0 Å². The second kappa shape index (κ2) is 4.90. The average molecular weight is 301 g/mol. The predicted molar refractivity (Wildman–Crippen MR) is 74.2 cm³/mol. The lowest BCUT2D eigenvalue weighted by Gasteiger charge is -2.11. The fraction of sp³-hybridized carbons (Fsp3) is 0.364. The van der Waals surface area contributed by atoms with E-state index >= 15 is 0 Å². The Morgan fingerprint density at radius 2 is 2.00 bits per heavy atom. The molecule has 19 heavy (non-hydrogen) atoms. The Hall–Kier alpha value is -1.47. The summed E-state index contributed by atoms with van der Waals surface area (Å²) in [6.07, 6.45) is 2.49. The van der Waals surface area contributed by atoms with E-state index in [4.69, 9.17) is 11.6 Å². The monoisotopic (exact) mass is 300 g/mol. The summed E-state index contributed by atoms with van der Waals surface area (Å²) in [4.78, 5) is 12.0. The number of sulfone groups is 1. The van der Waals surface area contributed by atoms with Crippen molar-refractivity contribution in [3.8, 4) is 0 Å². The number of aromatic nitrogens is 3. The highest BCUT2D eigenvalue weighted by molar-refractivity contribution is 7.90. The van der Waals surface area contributed by atoms with Crippen molar-refractivity contribution in [2.24, 2.45) is 0 Å². The third kappa shape index (κ3) is 3.10. The molecule has 0 aliphatic rings. The molecule has 0 fully saturated rings. The van der Waals surface area contributed by atoms with E-state index in [0.29, 0.717) is 21.9 Å². The van der Waals surface area contributed by atoms with Gasteiger partial charge in [0, 0.05) is 23.9 Å². The Labute approximate surface area is 116 Å². The van der Waals surface area contributed by atoms with Gasteiger partial charge in [0.2, 0.25) is 15.0 Å². The lowest BCUT2D eigenvalue weighted by Crippen LogP contribution is -2.13. The molecule has 0 saturated heterocycles. The van der Waals surface area contributed by atoms with Crippen molar-refractivity contribution < 1.29 is 8.42 Å². The van der Waals surface area contributed by atoms with Crippen LogP contribution in [0, 0.1) is 0 Å². The molecule has 0 atom stereocenters. The second-order valence-electron chi connectivity index (χ2n) is 4.46. The van der Waals surface area contributed by atoms with Crippen LogP contribution < -0.4 is 5.32 Å². The fourth-order valence-corrected chi connectivity index (χ4v) is 2.25. The molecule has 0 aliphatic carbocycles. The Morgan fingerprint density at radius 3 is 2.58 bits per heavy atom. The van der Waals surface area contributed by atoms with Gasteiger partial charge in [-0.15, -0.1) is 0 Å². The highest BCUT2D eigenvalue weighted by Crippen LogP contribution is 2.24. The van der Waals surface area contributed by atoms with Gasteiger partial charge in [0.05, 0.1) is 0 Å². The summed E-state index contributed by atoms with van der Waals surface area (Å²) < 4.78 is 23.0. The quantitative estimate of drug-likeness (QED) is 0.688. The lowest BCUT2D eigenvalue weighted by molar-refractivity contribution is 0.594. The Kier molecular flexibility index (Phi) is 3.60. The normalized spacial score (nSPS) is 12.1. The molecule has 6 nitrogen and oxygen atoms in total. The van der Waals surface area contributed by atoms with E-state index in [-0.39, 0.29) is 11.2 Å². The van der Waals surface area contributed by atoms with Crippen LogP contribution in [0.3, 0.4) is 0 Å². The molecule has 2 heterocycles. The first-order valence-corrected chi connectivity index (χ1v) is 7.84. The van der Waals surface area contributed by atoms with Crippen molar-refractivity contribution >= 4 is 38.2 Å². The summed E-state index contributed by atoms with van der Waals surface area (Å²) in [6.45, 7) is 3.88. The summed E-state index contributed by atoms with van der Waals surface area (Å²) in [6, 6.07) is 1.71. The summed E-state index contributed by atoms with van der Waals surface area (Å²) >= 11 is 5.91. The van der Waals surface area contributed by atoms with Crippen molar-refractivity contribution in [1.29, 1.82) is 0 Å². The molecule has 8 heteroatoms. The van der Waals surface area contributed by atoms with E-state index in [1.807, 2.05) is 13.8 Å². The van der Waals surface area contributed by atoms with Crippen molar-refractivity contribution in [1.82, 2.24) is 15.0 Å². The number of nitrogens with one attached hydrogen (secondary N) is 1. The number of halogens is 1. The fourth-order valence-electron chi connectivity index (χ4n) is 1.54. The minimum Gasteiger partial charge on any atom is -0.366 e. The van der Waals surface area contributed by atoms with Gasteiger partial charge in [-0.25, -0.2) is 23.4 Å². The molecule has 0 amide bonds. The maximum atomic E-state index is 11.5. The molecule has 0 saturated carbocycles. The van der Waals surface area contributed by atoms with Crippen LogP contribution in [0.15, 0.2) is 17.4 Å². The molecule has 0 radical (unpaired) electrons. The third-order valence-electron chi connectivity index (χ3n) is 2.27. The van der Waals surface area contributed by atoms with Crippen LogP contribution in [0.5, 0.6) is 0 Å². The molecule has 0 bridgehead atoms. The summed E-state index contributed by atoms with van der Waals surface area (Å²) in [5.41, 5.74) is 0.438. The van der Waals surface area contributed by atoms with Crippen LogP contribution in [-0.2, 0) is 9.84 Å². The molecule has 0 aromatic carbocycles. The topological polar surface area (TPSA) is 84.8 Å². The van der Waals surface area contributed by atoms with Gasteiger partial charge in [0.15, 0.2) is 5.82 Å². The first-order chi connectivity index (χ1) is 8.77. The highest BCUT2D eigenvalue weighted by atomic mass is 35.5. The van der Waals surface area contributed by atoms with Crippen molar-refractivity contribution in [2.75, 3.05) is 11.6 Å². The van der Waals surface area contributed by atoms with Gasteiger partial charge in [-0.1, -0.05) is 11.6 Å². The number of nitrogens with zero attached hydrogens (tertiary/aromatic N) is 3. The Balaban J connectivity index is 2.72. The molecule has 0 unspecified atom stereocenters. The van der Waals surface area contributed by atoms with E-state index in [2.05, 4.69) is 20.3 Å². The minimum absolute atomic E-state index is 0.116. The summed E-state index contributed by atoms with van der Waals surface area (Å²) in [7, 11) is -3.46. The van der Waals surface area contributed by atoms with Crippen LogP contribution in [-0.4, -0.2) is 35.7 Å². The largest absolute Gasteiger partial charge is 0.366 e. The Bertz CT molecular complexity index is 731. The van der Waals surface area contributed by atoms with E-state index in [0.717, 1.165) is 6.26 Å². The molecule has 2 aromatic heterocycles. The smallest absolute Gasteiger partial charge is 0.247 e. The maximum Gasteiger partial charge on any atom is 0.247 e. The van der Waals surface area contributed by atoms with Gasteiger partial charge in [0.25, 0.3) is 0 Å². The number of hydrogen-bond acceptors (Lipinski definition) is 6. The van der Waals surface area contributed by atoms with Gasteiger partial charge in [-0.3, -0.25) is 0 Å². The van der Waals surface area contributed by atoms with Crippen molar-refractivity contribution in [3.05, 3.63) is 17.4 Å². The zero-order chi connectivity index (χ0) is 14.2. The average Bonchev–Trinajstić information content (AvgIpc) is 2.26. The first kappa shape index (κ1) is 14.0. The van der Waals surface area contributed by atoms with Gasteiger partial charge >= 0.3 is 0 Å². The van der Waals surface area contributed by atoms with E-state index in [1.54, 1.807) is 6.07 Å². The SMILES string of the molecule is CC(C)Nc1nc(Cl)cc2cnc(S(C)(=O)=O)nc12. The zero-order valence-electron chi connectivity index (χ0n) is 10.7. The minimum atomic E-state index is -3.46. The molecular weight excluding hydrogens is 288 g/mol. The molecule has 2 rings (SSSR count). The molecule has 102 valence electrons. The van der Waals surface area contributed by atoms with Gasteiger partial charge < -0.3 is 5.32 Å². The second-order valence-corrected chi connectivity index (χ2v) is 6.75. The maximum absolute atomic E-state index is 11.5. The molecule has 2 aromatic rings. The van der Waals surface area contributed by atoms with Crippen LogP contribution >= 0.6 is 11.6 Å². The van der Waals surface area contributed by atoms with E-state index < -0.39 is 9.84 Å².